The fourth-order valence-electron chi connectivity index (χ4n) is 2.93. The third-order valence-electron chi connectivity index (χ3n) is 4.39. The highest BCUT2D eigenvalue weighted by Crippen LogP contribution is 2.30. The van der Waals surface area contributed by atoms with Crippen LogP contribution in [0.5, 0.6) is 0 Å². The van der Waals surface area contributed by atoms with Crippen molar-refractivity contribution in [3.05, 3.63) is 52.9 Å². The molecule has 0 atom stereocenters. The van der Waals surface area contributed by atoms with E-state index in [2.05, 4.69) is 4.98 Å². The van der Waals surface area contributed by atoms with Crippen LogP contribution in [0.1, 0.15) is 12.0 Å². The van der Waals surface area contributed by atoms with Crippen molar-refractivity contribution in [2.45, 2.75) is 17.5 Å². The zero-order valence-electron chi connectivity index (χ0n) is 14.5. The summed E-state index contributed by atoms with van der Waals surface area (Å²) in [6.07, 6.45) is -3.32. The van der Waals surface area contributed by atoms with Crippen molar-refractivity contribution >= 4 is 27.4 Å². The predicted molar refractivity (Wildman–Crippen MR) is 96.2 cm³/mol. The number of benzene rings is 1. The van der Waals surface area contributed by atoms with E-state index in [9.17, 15) is 26.0 Å². The van der Waals surface area contributed by atoms with Crippen LogP contribution < -0.4 is 4.90 Å². The molecule has 0 bridgehead atoms. The van der Waals surface area contributed by atoms with Gasteiger partial charge >= 0.3 is 6.18 Å². The van der Waals surface area contributed by atoms with Gasteiger partial charge < -0.3 is 4.90 Å². The van der Waals surface area contributed by atoms with E-state index in [0.29, 0.717) is 18.8 Å². The summed E-state index contributed by atoms with van der Waals surface area (Å²) in [6, 6.07) is 5.95. The minimum Gasteiger partial charge on any atom is -0.355 e. The van der Waals surface area contributed by atoms with Gasteiger partial charge in [-0.1, -0.05) is 17.7 Å². The molecular weight excluding hydrogens is 422 g/mol. The molecule has 28 heavy (non-hydrogen) atoms. The first kappa shape index (κ1) is 20.8. The maximum absolute atomic E-state index is 14.2. The second-order valence-electron chi connectivity index (χ2n) is 6.20. The van der Waals surface area contributed by atoms with Crippen molar-refractivity contribution in [2.75, 3.05) is 31.1 Å². The Hall–Kier alpha value is -1.91. The van der Waals surface area contributed by atoms with Crippen LogP contribution in [0.2, 0.25) is 5.02 Å². The van der Waals surface area contributed by atoms with E-state index in [0.717, 1.165) is 22.6 Å². The normalized spacial score (nSPS) is 16.8. The Morgan fingerprint density at radius 2 is 1.79 bits per heavy atom. The molecule has 152 valence electrons. The molecule has 2 heterocycles. The maximum atomic E-state index is 14.2. The molecule has 2 aromatic rings. The minimum absolute atomic E-state index is 0.0387. The summed E-state index contributed by atoms with van der Waals surface area (Å²) < 4.78 is 78.9. The number of sulfonamides is 1. The van der Waals surface area contributed by atoms with E-state index in [1.165, 1.54) is 18.2 Å². The SMILES string of the molecule is O=S(=O)(c1cccc(Cl)c1F)N1CCCN(c2ccc(C(F)(F)F)cn2)CC1. The van der Waals surface area contributed by atoms with Crippen molar-refractivity contribution in [1.29, 1.82) is 0 Å². The molecule has 3 rings (SSSR count). The molecular formula is C17H16ClF4N3O2S. The highest BCUT2D eigenvalue weighted by Gasteiger charge is 2.32. The third kappa shape index (κ3) is 4.23. The highest BCUT2D eigenvalue weighted by molar-refractivity contribution is 7.89. The van der Waals surface area contributed by atoms with Gasteiger partial charge in [-0.05, 0) is 30.7 Å². The molecule has 1 saturated heterocycles. The van der Waals surface area contributed by atoms with Gasteiger partial charge in [-0.25, -0.2) is 17.8 Å². The van der Waals surface area contributed by atoms with Gasteiger partial charge in [0, 0.05) is 32.4 Å². The van der Waals surface area contributed by atoms with Gasteiger partial charge in [0.05, 0.1) is 10.6 Å². The van der Waals surface area contributed by atoms with Gasteiger partial charge in [-0.15, -0.1) is 0 Å². The number of hydrogen-bond acceptors (Lipinski definition) is 4. The van der Waals surface area contributed by atoms with Crippen LogP contribution in [0.25, 0.3) is 0 Å². The third-order valence-corrected chi connectivity index (χ3v) is 6.60. The monoisotopic (exact) mass is 437 g/mol. The molecule has 0 amide bonds. The second kappa shape index (κ2) is 7.84. The summed E-state index contributed by atoms with van der Waals surface area (Å²) >= 11 is 5.68. The fraction of sp³-hybridized carbons (Fsp3) is 0.353. The summed E-state index contributed by atoms with van der Waals surface area (Å²) in [5.41, 5.74) is -0.855. The van der Waals surface area contributed by atoms with Gasteiger partial charge in [0.1, 0.15) is 10.7 Å². The molecule has 0 N–H and O–H groups in total. The predicted octanol–water partition coefficient (Wildman–Crippen LogP) is 3.79. The number of anilines is 1. The lowest BCUT2D eigenvalue weighted by molar-refractivity contribution is -0.137. The average molecular weight is 438 g/mol. The maximum Gasteiger partial charge on any atom is 0.417 e. The lowest BCUT2D eigenvalue weighted by atomic mass is 10.2. The number of halogens is 5. The zero-order valence-corrected chi connectivity index (χ0v) is 16.0. The Labute approximate surface area is 164 Å². The zero-order chi connectivity index (χ0) is 20.5. The van der Waals surface area contributed by atoms with E-state index in [4.69, 9.17) is 11.6 Å². The van der Waals surface area contributed by atoms with Gasteiger partial charge in [-0.2, -0.15) is 17.5 Å². The number of rotatable bonds is 3. The van der Waals surface area contributed by atoms with Crippen LogP contribution in [-0.2, 0) is 16.2 Å². The Bertz CT molecular complexity index is 952. The smallest absolute Gasteiger partial charge is 0.355 e. The fourth-order valence-corrected chi connectivity index (χ4v) is 4.71. The van der Waals surface area contributed by atoms with E-state index in [1.54, 1.807) is 4.90 Å². The summed E-state index contributed by atoms with van der Waals surface area (Å²) in [6.45, 7) is 0.796. The molecule has 0 unspecified atom stereocenters. The number of pyridine rings is 1. The van der Waals surface area contributed by atoms with Gasteiger partial charge in [0.25, 0.3) is 0 Å². The van der Waals surface area contributed by atoms with Crippen LogP contribution in [-0.4, -0.2) is 43.9 Å². The minimum atomic E-state index is -4.48. The van der Waals surface area contributed by atoms with Gasteiger partial charge in [-0.3, -0.25) is 0 Å². The van der Waals surface area contributed by atoms with Crippen LogP contribution in [0.4, 0.5) is 23.4 Å². The average Bonchev–Trinajstić information content (AvgIpc) is 2.90. The molecule has 1 aromatic heterocycles. The molecule has 1 aromatic carbocycles. The first-order valence-corrected chi connectivity index (χ1v) is 10.1. The largest absolute Gasteiger partial charge is 0.417 e. The molecule has 1 fully saturated rings. The van der Waals surface area contributed by atoms with Crippen molar-refractivity contribution in [3.8, 4) is 0 Å². The first-order valence-electron chi connectivity index (χ1n) is 8.33. The standard InChI is InChI=1S/C17H16ClF4N3O2S/c18-13-3-1-4-14(16(13)19)28(26,27)25-8-2-7-24(9-10-25)15-6-5-12(11-23-15)17(20,21)22/h1,3-6,11H,2,7-10H2. The molecule has 11 heteroatoms. The molecule has 1 aliphatic heterocycles. The Kier molecular flexibility index (Phi) is 5.83. The molecule has 5 nitrogen and oxygen atoms in total. The molecule has 0 saturated carbocycles. The lowest BCUT2D eigenvalue weighted by Crippen LogP contribution is -2.35. The molecule has 0 aliphatic carbocycles. The number of aromatic nitrogens is 1. The van der Waals surface area contributed by atoms with E-state index >= 15 is 0 Å². The van der Waals surface area contributed by atoms with Crippen molar-refractivity contribution in [3.63, 3.8) is 0 Å². The van der Waals surface area contributed by atoms with Crippen LogP contribution >= 0.6 is 11.6 Å². The number of alkyl halides is 3. The van der Waals surface area contributed by atoms with Gasteiger partial charge in [0.2, 0.25) is 10.0 Å². The first-order chi connectivity index (χ1) is 13.1. The number of nitrogens with zero attached hydrogens (tertiary/aromatic N) is 3. The van der Waals surface area contributed by atoms with Crippen LogP contribution in [0.3, 0.4) is 0 Å². The quantitative estimate of drug-likeness (QED) is 0.685. The highest BCUT2D eigenvalue weighted by atomic mass is 35.5. The van der Waals surface area contributed by atoms with E-state index in [1.807, 2.05) is 0 Å². The van der Waals surface area contributed by atoms with Crippen molar-refractivity contribution in [1.82, 2.24) is 9.29 Å². The van der Waals surface area contributed by atoms with Crippen molar-refractivity contribution in [2.24, 2.45) is 0 Å². The molecule has 0 radical (unpaired) electrons. The second-order valence-corrected chi connectivity index (χ2v) is 8.51. The summed E-state index contributed by atoms with van der Waals surface area (Å²) in [5, 5.41) is -0.286. The molecule has 1 aliphatic rings. The Morgan fingerprint density at radius 3 is 2.43 bits per heavy atom. The topological polar surface area (TPSA) is 53.5 Å². The summed E-state index contributed by atoms with van der Waals surface area (Å²) in [7, 11) is -4.09. The Morgan fingerprint density at radius 1 is 1.04 bits per heavy atom. The van der Waals surface area contributed by atoms with Crippen LogP contribution in [0.15, 0.2) is 41.4 Å². The number of hydrogen-bond donors (Lipinski definition) is 0. The van der Waals surface area contributed by atoms with Crippen LogP contribution in [0, 0.1) is 5.82 Å². The van der Waals surface area contributed by atoms with E-state index < -0.39 is 32.5 Å². The summed E-state index contributed by atoms with van der Waals surface area (Å²) in [4.78, 5) is 5.04. The summed E-state index contributed by atoms with van der Waals surface area (Å²) in [5.74, 6) is -0.684. The van der Waals surface area contributed by atoms with E-state index in [-0.39, 0.29) is 24.7 Å². The lowest BCUT2D eigenvalue weighted by Gasteiger charge is -2.23. The van der Waals surface area contributed by atoms with Gasteiger partial charge in [0.15, 0.2) is 5.82 Å². The Balaban J connectivity index is 1.77. The molecule has 0 spiro atoms. The van der Waals surface area contributed by atoms with Crippen molar-refractivity contribution < 1.29 is 26.0 Å².